The number of carbonyl (C=O) groups is 1. The van der Waals surface area contributed by atoms with Crippen LogP contribution >= 0.6 is 7.37 Å². The third-order valence-corrected chi connectivity index (χ3v) is 6.85. The van der Waals surface area contributed by atoms with Gasteiger partial charge in [-0.05, 0) is 49.7 Å². The van der Waals surface area contributed by atoms with Crippen LogP contribution in [-0.2, 0) is 13.8 Å². The normalized spacial score (nSPS) is 15.5. The molecule has 0 amide bonds. The summed E-state index contributed by atoms with van der Waals surface area (Å²) in [7, 11) is -1.93. The molecule has 148 valence electrons. The molecule has 0 fully saturated rings. The monoisotopic (exact) mass is 382 g/mol. The highest BCUT2D eigenvalue weighted by atomic mass is 31.2. The van der Waals surface area contributed by atoms with Gasteiger partial charge in [0.15, 0.2) is 0 Å². The topological polar surface area (TPSA) is 52.6 Å². The number of hydrogen-bond acceptors (Lipinski definition) is 4. The Hall–Kier alpha value is -0.960. The van der Waals surface area contributed by atoms with Crippen LogP contribution in [0.25, 0.3) is 0 Å². The molecular formula is C21H35O4P. The van der Waals surface area contributed by atoms with Gasteiger partial charge < -0.3 is 9.26 Å². The first kappa shape index (κ1) is 23.1. The minimum absolute atomic E-state index is 0.107. The lowest BCUT2D eigenvalue weighted by atomic mass is 9.86. The van der Waals surface area contributed by atoms with E-state index in [1.54, 1.807) is 7.11 Å². The molecule has 0 aliphatic heterocycles. The van der Waals surface area contributed by atoms with Crippen molar-refractivity contribution in [1.82, 2.24) is 0 Å². The molecule has 0 aliphatic carbocycles. The standard InChI is InChI=1S/C21H35O4P/c1-15-11-17(3)19(18(4)12-15)20(22)26(23,25-10-9-24-8)14-16(2)13-21(5,6)7/h11-12,16H,9-10,13-14H2,1-8H3. The second-order valence-electron chi connectivity index (χ2n) is 8.63. The van der Waals surface area contributed by atoms with E-state index in [4.69, 9.17) is 9.26 Å². The zero-order chi connectivity index (χ0) is 20.1. The fourth-order valence-corrected chi connectivity index (χ4v) is 6.07. The first-order valence-electron chi connectivity index (χ1n) is 9.25. The first-order chi connectivity index (χ1) is 11.9. The maximum absolute atomic E-state index is 13.6. The lowest BCUT2D eigenvalue weighted by Crippen LogP contribution is -2.19. The van der Waals surface area contributed by atoms with Crippen molar-refractivity contribution in [1.29, 1.82) is 0 Å². The molecular weight excluding hydrogens is 347 g/mol. The van der Waals surface area contributed by atoms with Crippen molar-refractivity contribution in [2.24, 2.45) is 11.3 Å². The summed E-state index contributed by atoms with van der Waals surface area (Å²) in [6.07, 6.45) is 1.14. The SMILES string of the molecule is COCCOP(=O)(CC(C)CC(C)(C)C)C(=O)c1c(C)cc(C)cc1C. The molecule has 0 N–H and O–H groups in total. The molecule has 4 nitrogen and oxygen atoms in total. The zero-order valence-corrected chi connectivity index (χ0v) is 18.5. The molecule has 1 aromatic rings. The van der Waals surface area contributed by atoms with Gasteiger partial charge >= 0.3 is 0 Å². The molecule has 0 bridgehead atoms. The van der Waals surface area contributed by atoms with Crippen LogP contribution in [0.3, 0.4) is 0 Å². The minimum atomic E-state index is -3.49. The number of benzene rings is 1. The Morgan fingerprint density at radius 3 is 2.12 bits per heavy atom. The molecule has 2 unspecified atom stereocenters. The Labute approximate surface area is 159 Å². The summed E-state index contributed by atoms with van der Waals surface area (Å²) in [5.74, 6) is 0.124. The van der Waals surface area contributed by atoms with Gasteiger partial charge in [0.1, 0.15) is 0 Å². The lowest BCUT2D eigenvalue weighted by Gasteiger charge is -2.27. The predicted octanol–water partition coefficient (Wildman–Crippen LogP) is 5.77. The number of carbonyl (C=O) groups excluding carboxylic acids is 1. The van der Waals surface area contributed by atoms with E-state index >= 15 is 0 Å². The highest BCUT2D eigenvalue weighted by molar-refractivity contribution is 7.77. The van der Waals surface area contributed by atoms with Gasteiger partial charge in [0.05, 0.1) is 13.2 Å². The molecule has 0 aromatic heterocycles. The quantitative estimate of drug-likeness (QED) is 0.402. The van der Waals surface area contributed by atoms with E-state index in [0.29, 0.717) is 12.2 Å². The van der Waals surface area contributed by atoms with Crippen molar-refractivity contribution in [2.45, 2.75) is 54.9 Å². The molecule has 0 saturated carbocycles. The molecule has 1 rings (SSSR count). The predicted molar refractivity (Wildman–Crippen MR) is 109 cm³/mol. The number of ether oxygens (including phenoxy) is 1. The van der Waals surface area contributed by atoms with Crippen molar-refractivity contribution in [3.63, 3.8) is 0 Å². The summed E-state index contributed by atoms with van der Waals surface area (Å²) in [6, 6.07) is 3.91. The smallest absolute Gasteiger partial charge is 0.271 e. The van der Waals surface area contributed by atoms with E-state index in [-0.39, 0.29) is 29.6 Å². The van der Waals surface area contributed by atoms with Crippen molar-refractivity contribution >= 4 is 12.9 Å². The third-order valence-electron chi connectivity index (χ3n) is 4.30. The Balaban J connectivity index is 3.20. The number of hydrogen-bond donors (Lipinski definition) is 0. The maximum Gasteiger partial charge on any atom is 0.271 e. The number of rotatable bonds is 9. The van der Waals surface area contributed by atoms with Gasteiger partial charge in [0, 0.05) is 18.8 Å². The van der Waals surface area contributed by atoms with Gasteiger partial charge in [-0.25, -0.2) is 0 Å². The molecule has 0 spiro atoms. The highest BCUT2D eigenvalue weighted by Crippen LogP contribution is 2.53. The minimum Gasteiger partial charge on any atom is -0.382 e. The van der Waals surface area contributed by atoms with Crippen LogP contribution in [0.4, 0.5) is 0 Å². The van der Waals surface area contributed by atoms with Gasteiger partial charge in [0.25, 0.3) is 7.37 Å². The Bertz CT molecular complexity index is 650. The summed E-state index contributed by atoms with van der Waals surface area (Å²) >= 11 is 0. The van der Waals surface area contributed by atoms with E-state index in [1.165, 1.54) is 0 Å². The summed E-state index contributed by atoms with van der Waals surface area (Å²) in [5, 5.41) is 0. The fraction of sp³-hybridized carbons (Fsp3) is 0.667. The van der Waals surface area contributed by atoms with Gasteiger partial charge in [-0.3, -0.25) is 9.36 Å². The van der Waals surface area contributed by atoms with Crippen molar-refractivity contribution in [3.8, 4) is 0 Å². The van der Waals surface area contributed by atoms with E-state index in [9.17, 15) is 9.36 Å². The van der Waals surface area contributed by atoms with Gasteiger partial charge in [-0.15, -0.1) is 0 Å². The van der Waals surface area contributed by atoms with Crippen LogP contribution in [0, 0.1) is 32.1 Å². The fourth-order valence-electron chi connectivity index (χ4n) is 3.67. The summed E-state index contributed by atoms with van der Waals surface area (Å²) in [4.78, 5) is 13.3. The Morgan fingerprint density at radius 2 is 1.65 bits per heavy atom. The zero-order valence-electron chi connectivity index (χ0n) is 17.6. The van der Waals surface area contributed by atoms with Crippen molar-refractivity contribution < 1.29 is 18.6 Å². The van der Waals surface area contributed by atoms with Crippen molar-refractivity contribution in [3.05, 3.63) is 34.4 Å². The van der Waals surface area contributed by atoms with E-state index in [1.807, 2.05) is 39.8 Å². The second-order valence-corrected chi connectivity index (χ2v) is 11.0. The second kappa shape index (κ2) is 9.30. The van der Waals surface area contributed by atoms with Crippen LogP contribution in [0.2, 0.25) is 0 Å². The van der Waals surface area contributed by atoms with Gasteiger partial charge in [0.2, 0.25) is 5.52 Å². The third kappa shape index (κ3) is 6.64. The summed E-state index contributed by atoms with van der Waals surface area (Å²) in [5.41, 5.74) is 3.09. The van der Waals surface area contributed by atoms with E-state index in [0.717, 1.165) is 23.1 Å². The molecule has 26 heavy (non-hydrogen) atoms. The molecule has 1 aromatic carbocycles. The van der Waals surface area contributed by atoms with E-state index < -0.39 is 7.37 Å². The number of methoxy groups -OCH3 is 1. The van der Waals surface area contributed by atoms with Gasteiger partial charge in [-0.2, -0.15) is 0 Å². The van der Waals surface area contributed by atoms with Crippen molar-refractivity contribution in [2.75, 3.05) is 26.5 Å². The average molecular weight is 382 g/mol. The first-order valence-corrected chi connectivity index (χ1v) is 11.1. The van der Waals surface area contributed by atoms with Crippen LogP contribution in [0.5, 0.6) is 0 Å². The molecule has 0 heterocycles. The summed E-state index contributed by atoms with van der Waals surface area (Å²) in [6.45, 7) is 14.7. The van der Waals surface area contributed by atoms with Crippen LogP contribution < -0.4 is 0 Å². The van der Waals surface area contributed by atoms with Crippen LogP contribution in [0.15, 0.2) is 12.1 Å². The Kier molecular flexibility index (Phi) is 8.26. The molecule has 2 atom stereocenters. The maximum atomic E-state index is 13.6. The number of aryl methyl sites for hydroxylation is 3. The average Bonchev–Trinajstić information content (AvgIpc) is 2.43. The van der Waals surface area contributed by atoms with Gasteiger partial charge in [-0.1, -0.05) is 45.4 Å². The molecule has 5 heteroatoms. The molecule has 0 radical (unpaired) electrons. The van der Waals surface area contributed by atoms with E-state index in [2.05, 4.69) is 20.8 Å². The largest absolute Gasteiger partial charge is 0.382 e. The summed E-state index contributed by atoms with van der Waals surface area (Å²) < 4.78 is 24.4. The van der Waals surface area contributed by atoms with Crippen LogP contribution in [0.1, 0.15) is 61.2 Å². The highest BCUT2D eigenvalue weighted by Gasteiger charge is 2.37. The van der Waals surface area contributed by atoms with Crippen LogP contribution in [-0.4, -0.2) is 32.0 Å². The lowest BCUT2D eigenvalue weighted by molar-refractivity contribution is 0.102. The molecule has 0 aliphatic rings. The Morgan fingerprint density at radius 1 is 1.12 bits per heavy atom. The molecule has 0 saturated heterocycles.